The molecule has 1 aromatic carbocycles. The smallest absolute Gasteiger partial charge is 0.338 e. The van der Waals surface area contributed by atoms with Gasteiger partial charge in [0.2, 0.25) is 0 Å². The van der Waals surface area contributed by atoms with Crippen molar-refractivity contribution in [3.8, 4) is 0 Å². The second kappa shape index (κ2) is 6.68. The summed E-state index contributed by atoms with van der Waals surface area (Å²) >= 11 is 0. The van der Waals surface area contributed by atoms with Crippen LogP contribution in [0.15, 0.2) is 12.1 Å². The molecule has 1 aromatic rings. The van der Waals surface area contributed by atoms with E-state index in [1.54, 1.807) is 0 Å². The fourth-order valence-electron chi connectivity index (χ4n) is 2.30. The molecule has 0 radical (unpaired) electrons. The van der Waals surface area contributed by atoms with E-state index in [1.807, 2.05) is 0 Å². The van der Waals surface area contributed by atoms with E-state index in [9.17, 15) is 26.4 Å². The van der Waals surface area contributed by atoms with Crippen LogP contribution < -0.4 is 0 Å². The quantitative estimate of drug-likeness (QED) is 0.626. The normalized spacial score (nSPS) is 18.1. The molecule has 0 unspecified atom stereocenters. The standard InChI is InChI=1S/C14H15F3O4S/c15-11-7-10(8-12(16)13(11)17)14(18)21-4-1-9-2-5-22(19,20)6-3-9/h7-9H,1-6H2. The van der Waals surface area contributed by atoms with Crippen molar-refractivity contribution < 1.29 is 31.1 Å². The molecule has 1 aliphatic heterocycles. The predicted octanol–water partition coefficient (Wildman–Crippen LogP) is 2.48. The Morgan fingerprint density at radius 1 is 1.14 bits per heavy atom. The van der Waals surface area contributed by atoms with E-state index >= 15 is 0 Å². The number of benzene rings is 1. The van der Waals surface area contributed by atoms with Crippen molar-refractivity contribution in [1.29, 1.82) is 0 Å². The van der Waals surface area contributed by atoms with E-state index < -0.39 is 38.8 Å². The Kier molecular flexibility index (Phi) is 5.10. The minimum Gasteiger partial charge on any atom is -0.462 e. The summed E-state index contributed by atoms with van der Waals surface area (Å²) in [5.41, 5.74) is -0.400. The van der Waals surface area contributed by atoms with Crippen LogP contribution in [-0.2, 0) is 14.6 Å². The van der Waals surface area contributed by atoms with Crippen LogP contribution in [0.2, 0.25) is 0 Å². The van der Waals surface area contributed by atoms with Crippen molar-refractivity contribution in [2.24, 2.45) is 5.92 Å². The Labute approximate surface area is 126 Å². The van der Waals surface area contributed by atoms with Crippen LogP contribution in [0.25, 0.3) is 0 Å². The first-order chi connectivity index (χ1) is 10.3. The number of halogens is 3. The lowest BCUT2D eigenvalue weighted by Crippen LogP contribution is -2.24. The number of carbonyl (C=O) groups excluding carboxylic acids is 1. The van der Waals surface area contributed by atoms with Crippen LogP contribution in [0.1, 0.15) is 29.6 Å². The molecule has 0 amide bonds. The first-order valence-electron chi connectivity index (χ1n) is 6.80. The van der Waals surface area contributed by atoms with Gasteiger partial charge in [-0.25, -0.2) is 26.4 Å². The molecule has 122 valence electrons. The molecule has 0 N–H and O–H groups in total. The van der Waals surface area contributed by atoms with Gasteiger partial charge in [-0.1, -0.05) is 0 Å². The molecule has 0 atom stereocenters. The van der Waals surface area contributed by atoms with Crippen molar-refractivity contribution in [2.45, 2.75) is 19.3 Å². The van der Waals surface area contributed by atoms with Crippen molar-refractivity contribution in [3.63, 3.8) is 0 Å². The summed E-state index contributed by atoms with van der Waals surface area (Å²) in [6.45, 7) is 0.0180. The summed E-state index contributed by atoms with van der Waals surface area (Å²) in [7, 11) is -2.94. The maximum atomic E-state index is 13.0. The monoisotopic (exact) mass is 336 g/mol. The fourth-order valence-corrected chi connectivity index (χ4v) is 3.89. The lowest BCUT2D eigenvalue weighted by atomic mass is 10.00. The maximum absolute atomic E-state index is 13.0. The minimum absolute atomic E-state index is 0.0180. The van der Waals surface area contributed by atoms with Crippen LogP contribution in [0.4, 0.5) is 13.2 Å². The van der Waals surface area contributed by atoms with Gasteiger partial charge < -0.3 is 4.74 Å². The average Bonchev–Trinajstić information content (AvgIpc) is 2.45. The highest BCUT2D eigenvalue weighted by molar-refractivity contribution is 7.91. The Bertz CT molecular complexity index is 636. The van der Waals surface area contributed by atoms with Crippen LogP contribution in [-0.4, -0.2) is 32.5 Å². The number of rotatable bonds is 4. The first-order valence-corrected chi connectivity index (χ1v) is 8.63. The number of ether oxygens (including phenoxy) is 1. The second-order valence-electron chi connectivity index (χ2n) is 5.27. The van der Waals surface area contributed by atoms with Gasteiger partial charge in [0.1, 0.15) is 9.84 Å². The highest BCUT2D eigenvalue weighted by Crippen LogP contribution is 2.22. The molecule has 0 bridgehead atoms. The summed E-state index contributed by atoms with van der Waals surface area (Å²) in [6.07, 6.45) is 1.51. The largest absolute Gasteiger partial charge is 0.462 e. The van der Waals surface area contributed by atoms with Crippen LogP contribution >= 0.6 is 0 Å². The molecule has 0 saturated carbocycles. The summed E-state index contributed by atoms with van der Waals surface area (Å²) in [5.74, 6) is -5.10. The zero-order valence-corrected chi connectivity index (χ0v) is 12.5. The molecular formula is C14H15F3O4S. The van der Waals surface area contributed by atoms with Gasteiger partial charge in [0.15, 0.2) is 17.5 Å². The number of esters is 1. The molecule has 2 rings (SSSR count). The van der Waals surface area contributed by atoms with Gasteiger partial charge in [0, 0.05) is 0 Å². The summed E-state index contributed by atoms with van der Waals surface area (Å²) in [4.78, 5) is 11.6. The van der Waals surface area contributed by atoms with E-state index in [0.717, 1.165) is 0 Å². The fraction of sp³-hybridized carbons (Fsp3) is 0.500. The Morgan fingerprint density at radius 2 is 1.68 bits per heavy atom. The number of hydrogen-bond donors (Lipinski definition) is 0. The maximum Gasteiger partial charge on any atom is 0.338 e. The van der Waals surface area contributed by atoms with Crippen molar-refractivity contribution in [3.05, 3.63) is 35.1 Å². The van der Waals surface area contributed by atoms with E-state index in [2.05, 4.69) is 0 Å². The molecule has 0 aliphatic carbocycles. The zero-order valence-electron chi connectivity index (χ0n) is 11.6. The Morgan fingerprint density at radius 3 is 2.23 bits per heavy atom. The molecule has 8 heteroatoms. The van der Waals surface area contributed by atoms with Gasteiger partial charge in [-0.3, -0.25) is 0 Å². The number of carbonyl (C=O) groups is 1. The average molecular weight is 336 g/mol. The third kappa shape index (κ3) is 4.22. The Balaban J connectivity index is 1.84. The summed E-state index contributed by atoms with van der Waals surface area (Å²) < 4.78 is 66.2. The molecule has 22 heavy (non-hydrogen) atoms. The van der Waals surface area contributed by atoms with E-state index in [-0.39, 0.29) is 24.0 Å². The number of sulfone groups is 1. The van der Waals surface area contributed by atoms with Crippen molar-refractivity contribution >= 4 is 15.8 Å². The summed E-state index contributed by atoms with van der Waals surface area (Å²) in [6, 6.07) is 1.15. The van der Waals surface area contributed by atoms with Gasteiger partial charge in [-0.15, -0.1) is 0 Å². The highest BCUT2D eigenvalue weighted by atomic mass is 32.2. The first kappa shape index (κ1) is 16.8. The van der Waals surface area contributed by atoms with Crippen LogP contribution in [0, 0.1) is 23.4 Å². The third-order valence-electron chi connectivity index (χ3n) is 3.65. The topological polar surface area (TPSA) is 60.4 Å². The van der Waals surface area contributed by atoms with Gasteiger partial charge in [-0.05, 0) is 37.3 Å². The Hall–Kier alpha value is -1.57. The van der Waals surface area contributed by atoms with Gasteiger partial charge >= 0.3 is 5.97 Å². The van der Waals surface area contributed by atoms with Crippen molar-refractivity contribution in [1.82, 2.24) is 0 Å². The lowest BCUT2D eigenvalue weighted by Gasteiger charge is -2.21. The molecule has 1 aliphatic rings. The lowest BCUT2D eigenvalue weighted by molar-refractivity contribution is 0.0479. The molecule has 0 aromatic heterocycles. The minimum atomic E-state index is -2.94. The molecule has 4 nitrogen and oxygen atoms in total. The van der Waals surface area contributed by atoms with E-state index in [1.165, 1.54) is 0 Å². The van der Waals surface area contributed by atoms with E-state index in [0.29, 0.717) is 31.4 Å². The van der Waals surface area contributed by atoms with Gasteiger partial charge in [0.25, 0.3) is 0 Å². The highest BCUT2D eigenvalue weighted by Gasteiger charge is 2.24. The predicted molar refractivity (Wildman–Crippen MR) is 72.6 cm³/mol. The molecule has 1 fully saturated rings. The second-order valence-corrected chi connectivity index (χ2v) is 7.58. The molecule has 0 spiro atoms. The molecule has 1 saturated heterocycles. The van der Waals surface area contributed by atoms with Gasteiger partial charge in [0.05, 0.1) is 23.7 Å². The van der Waals surface area contributed by atoms with Crippen molar-refractivity contribution in [2.75, 3.05) is 18.1 Å². The number of hydrogen-bond acceptors (Lipinski definition) is 4. The third-order valence-corrected chi connectivity index (χ3v) is 5.37. The molecule has 1 heterocycles. The summed E-state index contributed by atoms with van der Waals surface area (Å²) in [5, 5.41) is 0. The SMILES string of the molecule is O=C(OCCC1CCS(=O)(=O)CC1)c1cc(F)c(F)c(F)c1. The van der Waals surface area contributed by atoms with Gasteiger partial charge in [-0.2, -0.15) is 0 Å². The zero-order chi connectivity index (χ0) is 16.3. The van der Waals surface area contributed by atoms with Crippen LogP contribution in [0.5, 0.6) is 0 Å². The van der Waals surface area contributed by atoms with E-state index in [4.69, 9.17) is 4.74 Å². The van der Waals surface area contributed by atoms with Crippen LogP contribution in [0.3, 0.4) is 0 Å². The molecular weight excluding hydrogens is 321 g/mol.